The molecule has 0 amide bonds. The molecule has 0 spiro atoms. The summed E-state index contributed by atoms with van der Waals surface area (Å²) in [6.07, 6.45) is 15.4. The van der Waals surface area contributed by atoms with Crippen LogP contribution in [-0.4, -0.2) is 101 Å². The smallest absolute Gasteiger partial charge is 0.399 e. The van der Waals surface area contributed by atoms with Crippen LogP contribution >= 0.6 is 22.6 Å². The molecule has 4 aromatic carbocycles. The van der Waals surface area contributed by atoms with Gasteiger partial charge in [-0.2, -0.15) is 0 Å². The number of nitrogens with zero attached hydrogens (tertiary/aromatic N) is 6. The van der Waals surface area contributed by atoms with Gasteiger partial charge in [0.25, 0.3) is 0 Å². The third-order valence-electron chi connectivity index (χ3n) is 15.9. The molecule has 2 aliphatic carbocycles. The van der Waals surface area contributed by atoms with Gasteiger partial charge in [0, 0.05) is 59.2 Å². The van der Waals surface area contributed by atoms with Crippen LogP contribution in [0, 0.1) is 15.4 Å². The van der Waals surface area contributed by atoms with E-state index in [9.17, 15) is 16.8 Å². The minimum atomic E-state index is -3.02. The van der Waals surface area contributed by atoms with Gasteiger partial charge in [0.1, 0.15) is 55.3 Å². The fourth-order valence-corrected chi connectivity index (χ4v) is 12.6. The van der Waals surface area contributed by atoms with E-state index in [2.05, 4.69) is 129 Å². The largest absolute Gasteiger partial charge is 0.494 e. The Morgan fingerprint density at radius 3 is 1.56 bits per heavy atom. The molecule has 6 N–H and O–H groups in total. The van der Waals surface area contributed by atoms with Crippen molar-refractivity contribution < 1.29 is 26.1 Å². The van der Waals surface area contributed by atoms with Crippen molar-refractivity contribution in [2.45, 2.75) is 110 Å². The Kier molecular flexibility index (Phi) is 19.9. The SMILES string of the molecule is C.CC1(C)OB(c2cccc(CCS(C)(=O)=O)c2)OC1(C)C.CS(=O)(=O)CCc1cccc(-c2cn(C3CC(CNCc4ccccc4)C3)c3ncnc(N)c23)c1.Nc1ncnc2c1c(I)cn2C1CC(CNCc2ccccc2)C1. The zero-order chi connectivity index (χ0) is 56.8. The predicted molar refractivity (Wildman–Crippen MR) is 338 cm³/mol. The lowest BCUT2D eigenvalue weighted by Crippen LogP contribution is -2.41. The highest BCUT2D eigenvalue weighted by molar-refractivity contribution is 14.1. The number of aryl methyl sites for hydroxylation is 2. The molecule has 1 aliphatic heterocycles. The van der Waals surface area contributed by atoms with Gasteiger partial charge in [-0.15, -0.1) is 0 Å². The molecule has 4 aromatic heterocycles. The van der Waals surface area contributed by atoms with E-state index in [1.54, 1.807) is 6.33 Å². The summed E-state index contributed by atoms with van der Waals surface area (Å²) in [6, 6.07) is 37.7. The van der Waals surface area contributed by atoms with Gasteiger partial charge in [-0.25, -0.2) is 36.8 Å². The Morgan fingerprint density at radius 1 is 0.605 bits per heavy atom. The molecule has 1 saturated heterocycles. The fraction of sp³-hybridized carbons (Fsp3) is 0.410. The van der Waals surface area contributed by atoms with Crippen LogP contribution in [0.3, 0.4) is 0 Å². The summed E-state index contributed by atoms with van der Waals surface area (Å²) >= 11 is 2.32. The van der Waals surface area contributed by atoms with Crippen molar-refractivity contribution in [2.24, 2.45) is 11.8 Å². The van der Waals surface area contributed by atoms with E-state index in [0.29, 0.717) is 42.5 Å². The van der Waals surface area contributed by atoms with Gasteiger partial charge in [-0.1, -0.05) is 117 Å². The normalized spacial score (nSPS) is 19.1. The van der Waals surface area contributed by atoms with Crippen LogP contribution in [0.4, 0.5) is 11.6 Å². The number of nitrogen functional groups attached to an aromatic ring is 2. The third kappa shape index (κ3) is 15.7. The molecule has 430 valence electrons. The third-order valence-corrected chi connectivity index (χ3v) is 18.6. The number of sulfone groups is 2. The molecule has 0 radical (unpaired) electrons. The van der Waals surface area contributed by atoms with E-state index in [1.165, 1.54) is 42.8 Å². The highest BCUT2D eigenvalue weighted by Crippen LogP contribution is 2.44. The maximum atomic E-state index is 11.6. The number of rotatable bonds is 18. The first kappa shape index (κ1) is 61.3. The van der Waals surface area contributed by atoms with Crippen LogP contribution in [-0.2, 0) is 54.9 Å². The summed E-state index contributed by atoms with van der Waals surface area (Å²) < 4.78 is 63.5. The van der Waals surface area contributed by atoms with Gasteiger partial charge in [0.2, 0.25) is 0 Å². The van der Waals surface area contributed by atoms with Crippen LogP contribution < -0.4 is 27.6 Å². The minimum absolute atomic E-state index is 0. The van der Waals surface area contributed by atoms with E-state index in [1.807, 2.05) is 82.3 Å². The summed E-state index contributed by atoms with van der Waals surface area (Å²) in [6.45, 7) is 12.0. The van der Waals surface area contributed by atoms with E-state index >= 15 is 0 Å². The first-order valence-electron chi connectivity index (χ1n) is 27.4. The van der Waals surface area contributed by atoms with Gasteiger partial charge in [0.05, 0.1) is 33.5 Å². The van der Waals surface area contributed by atoms with Crippen LogP contribution in [0.5, 0.6) is 0 Å². The molecular weight excluding hydrogens is 1170 g/mol. The van der Waals surface area contributed by atoms with Crippen molar-refractivity contribution in [3.05, 3.63) is 160 Å². The summed E-state index contributed by atoms with van der Waals surface area (Å²) in [5.41, 5.74) is 20.9. The molecule has 5 heterocycles. The molecule has 11 rings (SSSR count). The van der Waals surface area contributed by atoms with Crippen molar-refractivity contribution in [1.82, 2.24) is 39.7 Å². The zero-order valence-corrected chi connectivity index (χ0v) is 50.3. The minimum Gasteiger partial charge on any atom is -0.399 e. The van der Waals surface area contributed by atoms with Gasteiger partial charge < -0.3 is 40.5 Å². The second-order valence-corrected chi connectivity index (χ2v) is 28.4. The summed E-state index contributed by atoms with van der Waals surface area (Å²) in [5, 5.41) is 9.00. The van der Waals surface area contributed by atoms with E-state index in [0.717, 1.165) is 98.3 Å². The van der Waals surface area contributed by atoms with Crippen molar-refractivity contribution >= 4 is 88.5 Å². The number of fused-ring (bicyclic) bond motifs is 2. The molecular formula is C61H78BIN10O6S2. The molecule has 0 bridgehead atoms. The Bertz CT molecular complexity index is 3610. The lowest BCUT2D eigenvalue weighted by molar-refractivity contribution is 0.00578. The standard InChI is InChI=1S/C27H31N5O2S.C18H20IN5.C15H23BO4S.CH4/c1-35(33,34)11-10-19-8-5-9-22(12-19)24-17-32(27-25(24)26(28)30-18-31-27)23-13-21(14-23)16-29-15-20-6-3-2-4-7-20;19-15-10-24(18-16(15)17(20)22-11-23-18)14-6-13(7-14)9-21-8-12-4-2-1-3-5-12;1-14(2)15(3,4)20-16(19-14)13-8-6-7-12(11-13)9-10-21(5,17)18;/h2-9,12,17-18,21,23,29H,10-11,13-16H2,1H3,(H2,28,30,31);1-5,10-11,13-14,21H,6-9H2,(H2,20,22,23);6-8,11H,9-10H2,1-5H3;1H4. The van der Waals surface area contributed by atoms with Gasteiger partial charge in [-0.3, -0.25) is 0 Å². The quantitative estimate of drug-likeness (QED) is 0.0464. The van der Waals surface area contributed by atoms with E-state index in [4.69, 9.17) is 20.8 Å². The lowest BCUT2D eigenvalue weighted by atomic mass is 9.78. The second kappa shape index (κ2) is 26.2. The zero-order valence-electron chi connectivity index (χ0n) is 46.6. The average molecular weight is 1250 g/mol. The average Bonchev–Trinajstić information content (AvgIpc) is 4.08. The van der Waals surface area contributed by atoms with Crippen molar-refractivity contribution in [3.63, 3.8) is 0 Å². The molecule has 0 atom stereocenters. The Labute approximate surface area is 492 Å². The van der Waals surface area contributed by atoms with Crippen molar-refractivity contribution in [1.29, 1.82) is 0 Å². The maximum Gasteiger partial charge on any atom is 0.494 e. The number of nitrogens with two attached hydrogens (primary N) is 2. The van der Waals surface area contributed by atoms with Crippen LogP contribution in [0.15, 0.2) is 134 Å². The van der Waals surface area contributed by atoms with Crippen molar-refractivity contribution in [3.8, 4) is 11.1 Å². The summed E-state index contributed by atoms with van der Waals surface area (Å²) in [5.74, 6) is 2.68. The number of hydrogen-bond donors (Lipinski definition) is 4. The first-order chi connectivity index (χ1) is 38.1. The van der Waals surface area contributed by atoms with Gasteiger partial charge in [0.15, 0.2) is 0 Å². The molecule has 2 saturated carbocycles. The number of hydrogen-bond acceptors (Lipinski definition) is 14. The van der Waals surface area contributed by atoms with Gasteiger partial charge in [-0.05, 0) is 147 Å². The lowest BCUT2D eigenvalue weighted by Gasteiger charge is -2.36. The second-order valence-electron chi connectivity index (χ2n) is 22.8. The molecule has 81 heavy (non-hydrogen) atoms. The first-order valence-corrected chi connectivity index (χ1v) is 32.6. The highest BCUT2D eigenvalue weighted by Gasteiger charge is 2.51. The number of aromatic nitrogens is 6. The molecule has 0 unspecified atom stereocenters. The van der Waals surface area contributed by atoms with E-state index in [-0.39, 0.29) is 30.1 Å². The number of halogens is 1. The van der Waals surface area contributed by atoms with Crippen LogP contribution in [0.1, 0.15) is 95.1 Å². The van der Waals surface area contributed by atoms with Crippen LogP contribution in [0.25, 0.3) is 33.2 Å². The summed E-state index contributed by atoms with van der Waals surface area (Å²) in [7, 11) is -6.38. The number of anilines is 2. The Balaban J connectivity index is 0.000000165. The molecule has 20 heteroatoms. The molecule has 3 aliphatic rings. The predicted octanol–water partition coefficient (Wildman–Crippen LogP) is 9.58. The molecule has 16 nitrogen and oxygen atoms in total. The highest BCUT2D eigenvalue weighted by atomic mass is 127. The van der Waals surface area contributed by atoms with Crippen molar-refractivity contribution in [2.75, 3.05) is 48.6 Å². The number of nitrogens with one attached hydrogen (secondary N) is 2. The van der Waals surface area contributed by atoms with E-state index < -0.39 is 26.8 Å². The molecule has 8 aromatic rings. The molecule has 3 fully saturated rings. The fourth-order valence-electron chi connectivity index (χ4n) is 10.5. The Hall–Kier alpha value is -5.75. The monoisotopic (exact) mass is 1250 g/mol. The Morgan fingerprint density at radius 2 is 1.05 bits per heavy atom. The topological polar surface area (TPSA) is 224 Å². The number of benzene rings is 4. The summed E-state index contributed by atoms with van der Waals surface area (Å²) in [4.78, 5) is 17.4. The van der Waals surface area contributed by atoms with Gasteiger partial charge >= 0.3 is 7.12 Å². The maximum absolute atomic E-state index is 11.6. The van der Waals surface area contributed by atoms with Crippen LogP contribution in [0.2, 0.25) is 0 Å².